The highest BCUT2D eigenvalue weighted by molar-refractivity contribution is 4.86. The van der Waals surface area contributed by atoms with E-state index in [9.17, 15) is 0 Å². The van der Waals surface area contributed by atoms with Crippen molar-refractivity contribution in [2.24, 2.45) is 11.8 Å². The largest absolute Gasteiger partial charge is 0.395 e. The average Bonchev–Trinajstić information content (AvgIpc) is 2.44. The summed E-state index contributed by atoms with van der Waals surface area (Å²) >= 11 is 0. The van der Waals surface area contributed by atoms with Gasteiger partial charge in [-0.3, -0.25) is 4.90 Å². The highest BCUT2D eigenvalue weighted by Gasteiger charge is 2.30. The van der Waals surface area contributed by atoms with E-state index in [-0.39, 0.29) is 0 Å². The first-order valence-electron chi connectivity index (χ1n) is 8.51. The lowest BCUT2D eigenvalue weighted by Crippen LogP contribution is -2.51. The molecular formula is C16H33N3O. The number of β-amino-alcohol motifs (C(OH)–C–C–N with tert-alkyl or cyclic N) is 1. The van der Waals surface area contributed by atoms with E-state index < -0.39 is 0 Å². The molecule has 0 aromatic carbocycles. The average molecular weight is 283 g/mol. The number of nitrogens with one attached hydrogen (secondary N) is 1. The predicted molar refractivity (Wildman–Crippen MR) is 83.9 cm³/mol. The fourth-order valence-electron chi connectivity index (χ4n) is 3.90. The van der Waals surface area contributed by atoms with Crippen molar-refractivity contribution in [1.29, 1.82) is 0 Å². The summed E-state index contributed by atoms with van der Waals surface area (Å²) in [5.74, 6) is 1.72. The van der Waals surface area contributed by atoms with E-state index in [2.05, 4.69) is 29.0 Å². The van der Waals surface area contributed by atoms with Crippen LogP contribution in [0.5, 0.6) is 0 Å². The molecule has 2 rings (SSSR count). The quantitative estimate of drug-likeness (QED) is 0.763. The van der Waals surface area contributed by atoms with Gasteiger partial charge in [0.2, 0.25) is 0 Å². The smallest absolute Gasteiger partial charge is 0.0558 e. The number of aliphatic hydroxyl groups excluding tert-OH is 1. The number of piperazine rings is 1. The van der Waals surface area contributed by atoms with Crippen molar-refractivity contribution < 1.29 is 5.11 Å². The number of hydrogen-bond acceptors (Lipinski definition) is 4. The zero-order valence-electron chi connectivity index (χ0n) is 13.4. The highest BCUT2D eigenvalue weighted by atomic mass is 16.3. The first kappa shape index (κ1) is 16.2. The van der Waals surface area contributed by atoms with Crippen LogP contribution in [0.2, 0.25) is 0 Å². The Labute approximate surface area is 124 Å². The Morgan fingerprint density at radius 3 is 2.45 bits per heavy atom. The second-order valence-corrected chi connectivity index (χ2v) is 6.71. The summed E-state index contributed by atoms with van der Waals surface area (Å²) in [5, 5.41) is 12.7. The minimum atomic E-state index is 0.294. The van der Waals surface area contributed by atoms with Gasteiger partial charge in [-0.25, -0.2) is 0 Å². The number of nitrogens with zero attached hydrogens (tertiary/aromatic N) is 2. The summed E-state index contributed by atoms with van der Waals surface area (Å²) in [6, 6.07) is 0.728. The van der Waals surface area contributed by atoms with Crippen molar-refractivity contribution >= 4 is 0 Å². The monoisotopic (exact) mass is 283 g/mol. The van der Waals surface area contributed by atoms with Gasteiger partial charge >= 0.3 is 0 Å². The fraction of sp³-hybridized carbons (Fsp3) is 1.00. The van der Waals surface area contributed by atoms with Crippen molar-refractivity contribution in [3.63, 3.8) is 0 Å². The molecule has 0 spiro atoms. The molecule has 2 aliphatic rings. The molecule has 2 N–H and O–H groups in total. The third kappa shape index (κ3) is 4.69. The van der Waals surface area contributed by atoms with Gasteiger partial charge in [-0.15, -0.1) is 0 Å². The van der Waals surface area contributed by atoms with Gasteiger partial charge in [0.25, 0.3) is 0 Å². The van der Waals surface area contributed by atoms with Gasteiger partial charge in [0.1, 0.15) is 0 Å². The minimum Gasteiger partial charge on any atom is -0.395 e. The predicted octanol–water partition coefficient (Wildman–Crippen LogP) is 1.01. The number of hydrogen-bond donors (Lipinski definition) is 2. The fourth-order valence-corrected chi connectivity index (χ4v) is 3.90. The van der Waals surface area contributed by atoms with Gasteiger partial charge in [-0.2, -0.15) is 0 Å². The molecule has 0 bridgehead atoms. The molecule has 3 unspecified atom stereocenters. The summed E-state index contributed by atoms with van der Waals surface area (Å²) in [5.41, 5.74) is 0. The van der Waals surface area contributed by atoms with Crippen LogP contribution >= 0.6 is 0 Å². The molecule has 3 atom stereocenters. The van der Waals surface area contributed by atoms with E-state index in [1.165, 1.54) is 38.9 Å². The van der Waals surface area contributed by atoms with Crippen molar-refractivity contribution in [3.8, 4) is 0 Å². The Morgan fingerprint density at radius 2 is 1.80 bits per heavy atom. The van der Waals surface area contributed by atoms with E-state index in [0.717, 1.165) is 44.1 Å². The Morgan fingerprint density at radius 1 is 1.10 bits per heavy atom. The molecule has 20 heavy (non-hydrogen) atoms. The molecule has 1 aliphatic carbocycles. The molecule has 1 heterocycles. The zero-order valence-corrected chi connectivity index (χ0v) is 13.4. The summed E-state index contributed by atoms with van der Waals surface area (Å²) in [6.45, 7) is 12.7. The third-order valence-corrected chi connectivity index (χ3v) is 5.08. The Hall–Kier alpha value is -0.160. The third-order valence-electron chi connectivity index (χ3n) is 5.08. The molecule has 1 saturated heterocycles. The van der Waals surface area contributed by atoms with Gasteiger partial charge in [0, 0.05) is 45.3 Å². The molecule has 1 saturated carbocycles. The van der Waals surface area contributed by atoms with E-state index >= 15 is 0 Å². The van der Waals surface area contributed by atoms with E-state index in [0.29, 0.717) is 6.61 Å². The van der Waals surface area contributed by atoms with Gasteiger partial charge in [-0.05, 0) is 37.6 Å². The molecule has 0 aromatic rings. The van der Waals surface area contributed by atoms with Crippen LogP contribution in [0.1, 0.15) is 33.1 Å². The van der Waals surface area contributed by atoms with Gasteiger partial charge < -0.3 is 15.3 Å². The highest BCUT2D eigenvalue weighted by Crippen LogP contribution is 2.30. The SMILES string of the molecule is CCNC1CCC(C)CC1CN1CCN(CCO)CC1. The van der Waals surface area contributed by atoms with Crippen LogP contribution in [0.4, 0.5) is 0 Å². The Kier molecular flexibility index (Phi) is 6.75. The summed E-state index contributed by atoms with van der Waals surface area (Å²) < 4.78 is 0. The maximum Gasteiger partial charge on any atom is 0.0558 e. The minimum absolute atomic E-state index is 0.294. The molecule has 0 aromatic heterocycles. The van der Waals surface area contributed by atoms with Crippen molar-refractivity contribution in [2.75, 3.05) is 52.4 Å². The lowest BCUT2D eigenvalue weighted by molar-refractivity contribution is 0.0818. The Bertz CT molecular complexity index is 266. The van der Waals surface area contributed by atoms with Gasteiger partial charge in [0.15, 0.2) is 0 Å². The first-order chi connectivity index (χ1) is 9.72. The van der Waals surface area contributed by atoms with E-state index in [1.54, 1.807) is 0 Å². The van der Waals surface area contributed by atoms with Crippen LogP contribution in [0.15, 0.2) is 0 Å². The first-order valence-corrected chi connectivity index (χ1v) is 8.51. The second kappa shape index (κ2) is 8.32. The van der Waals surface area contributed by atoms with Crippen molar-refractivity contribution in [2.45, 2.75) is 39.2 Å². The molecule has 2 fully saturated rings. The number of rotatable bonds is 6. The van der Waals surface area contributed by atoms with E-state index in [4.69, 9.17) is 5.11 Å². The summed E-state index contributed by atoms with van der Waals surface area (Å²) in [6.07, 6.45) is 4.12. The maximum atomic E-state index is 9.00. The maximum absolute atomic E-state index is 9.00. The lowest BCUT2D eigenvalue weighted by Gasteiger charge is -2.41. The van der Waals surface area contributed by atoms with Crippen LogP contribution in [-0.2, 0) is 0 Å². The summed E-state index contributed by atoms with van der Waals surface area (Å²) in [4.78, 5) is 5.02. The van der Waals surface area contributed by atoms with Crippen molar-refractivity contribution in [1.82, 2.24) is 15.1 Å². The van der Waals surface area contributed by atoms with Gasteiger partial charge in [-0.1, -0.05) is 13.8 Å². The topological polar surface area (TPSA) is 38.7 Å². The lowest BCUT2D eigenvalue weighted by atomic mass is 9.78. The van der Waals surface area contributed by atoms with Gasteiger partial charge in [0.05, 0.1) is 6.61 Å². The molecule has 4 heteroatoms. The Balaban J connectivity index is 1.78. The second-order valence-electron chi connectivity index (χ2n) is 6.71. The molecule has 0 amide bonds. The van der Waals surface area contributed by atoms with Crippen molar-refractivity contribution in [3.05, 3.63) is 0 Å². The van der Waals surface area contributed by atoms with Crippen LogP contribution in [0.3, 0.4) is 0 Å². The summed E-state index contributed by atoms with van der Waals surface area (Å²) in [7, 11) is 0. The van der Waals surface area contributed by atoms with E-state index in [1.807, 2.05) is 0 Å². The molecule has 4 nitrogen and oxygen atoms in total. The molecule has 0 radical (unpaired) electrons. The van der Waals surface area contributed by atoms with Crippen LogP contribution in [-0.4, -0.2) is 73.4 Å². The van der Waals surface area contributed by atoms with Crippen LogP contribution < -0.4 is 5.32 Å². The molecule has 1 aliphatic heterocycles. The van der Waals surface area contributed by atoms with Crippen LogP contribution in [0.25, 0.3) is 0 Å². The standard InChI is InChI=1S/C16H33N3O/c1-3-17-16-5-4-14(2)12-15(16)13-19-8-6-18(7-9-19)10-11-20/h14-17,20H,3-13H2,1-2H3. The molecular weight excluding hydrogens is 250 g/mol. The van der Waals surface area contributed by atoms with Crippen LogP contribution in [0, 0.1) is 11.8 Å². The number of aliphatic hydroxyl groups is 1. The zero-order chi connectivity index (χ0) is 14.4. The normalized spacial score (nSPS) is 33.5. The molecule has 118 valence electrons.